The topological polar surface area (TPSA) is 69.4 Å². The molecule has 1 saturated carbocycles. The number of thiocarbonyl (C=S) groups is 1. The number of sulfone groups is 1. The molecule has 3 rings (SSSR count). The number of hydrogen-bond donors (Lipinski definition) is 1. The van der Waals surface area contributed by atoms with Gasteiger partial charge in [-0.1, -0.05) is 36.0 Å². The Balaban J connectivity index is 2.11. The molecule has 0 unspecified atom stereocenters. The summed E-state index contributed by atoms with van der Waals surface area (Å²) in [6, 6.07) is 11.6. The predicted molar refractivity (Wildman–Crippen MR) is 103 cm³/mol. The summed E-state index contributed by atoms with van der Waals surface area (Å²) in [4.78, 5) is 0.199. The van der Waals surface area contributed by atoms with Crippen LogP contribution < -0.4 is 5.73 Å². The lowest BCUT2D eigenvalue weighted by molar-refractivity contribution is 0.166. The molecule has 0 radical (unpaired) electrons. The Labute approximate surface area is 162 Å². The van der Waals surface area contributed by atoms with Crippen LogP contribution >= 0.6 is 23.8 Å². The molecule has 1 fully saturated rings. The maximum absolute atomic E-state index is 13.3. The van der Waals surface area contributed by atoms with Crippen LogP contribution in [0.4, 0.5) is 4.39 Å². The first-order valence-electron chi connectivity index (χ1n) is 7.79. The Morgan fingerprint density at radius 1 is 1.23 bits per heavy atom. The minimum Gasteiger partial charge on any atom is -0.393 e. The van der Waals surface area contributed by atoms with Gasteiger partial charge in [0.15, 0.2) is 9.84 Å². The van der Waals surface area contributed by atoms with Crippen molar-refractivity contribution in [3.05, 3.63) is 64.9 Å². The Kier molecular flexibility index (Phi) is 5.09. The molecule has 0 heterocycles. The minimum absolute atomic E-state index is 0.0574. The van der Waals surface area contributed by atoms with Gasteiger partial charge in [-0.3, -0.25) is 0 Å². The molecule has 0 bridgehead atoms. The average molecular weight is 414 g/mol. The highest BCUT2D eigenvalue weighted by Gasteiger charge is 2.73. The molecule has 0 aromatic heterocycles. The Morgan fingerprint density at radius 3 is 2.31 bits per heavy atom. The molecule has 2 aromatic rings. The monoisotopic (exact) mass is 413 g/mol. The molecule has 0 saturated heterocycles. The number of rotatable bonds is 6. The number of benzene rings is 2. The van der Waals surface area contributed by atoms with Crippen molar-refractivity contribution in [3.8, 4) is 0 Å². The molecule has 0 aliphatic heterocycles. The van der Waals surface area contributed by atoms with E-state index in [1.807, 2.05) is 0 Å². The quantitative estimate of drug-likeness (QED) is 0.735. The van der Waals surface area contributed by atoms with Crippen LogP contribution in [0.25, 0.3) is 0 Å². The van der Waals surface area contributed by atoms with Gasteiger partial charge in [0.2, 0.25) is 0 Å². The van der Waals surface area contributed by atoms with E-state index in [2.05, 4.69) is 0 Å². The summed E-state index contributed by atoms with van der Waals surface area (Å²) in [5.41, 5.74) is 5.57. The van der Waals surface area contributed by atoms with Crippen LogP contribution in [0, 0.1) is 11.2 Å². The molecule has 0 amide bonds. The summed E-state index contributed by atoms with van der Waals surface area (Å²) in [6.07, 6.45) is 0. The van der Waals surface area contributed by atoms with Gasteiger partial charge in [-0.25, -0.2) is 12.8 Å². The zero-order valence-corrected chi connectivity index (χ0v) is 16.2. The van der Waals surface area contributed by atoms with Gasteiger partial charge in [0.25, 0.3) is 0 Å². The Hall–Kier alpha value is -1.54. The van der Waals surface area contributed by atoms with Crippen molar-refractivity contribution in [1.29, 1.82) is 0 Å². The fourth-order valence-electron chi connectivity index (χ4n) is 3.55. The molecule has 2 aromatic carbocycles. The Morgan fingerprint density at radius 2 is 1.81 bits per heavy atom. The largest absolute Gasteiger partial charge is 0.393 e. The van der Waals surface area contributed by atoms with Crippen molar-refractivity contribution in [2.75, 3.05) is 13.7 Å². The predicted octanol–water partition coefficient (Wildman–Crippen LogP) is 3.34. The van der Waals surface area contributed by atoms with E-state index < -0.39 is 32.2 Å². The van der Waals surface area contributed by atoms with Crippen molar-refractivity contribution in [1.82, 2.24) is 0 Å². The fraction of sp³-hybridized carbons (Fsp3) is 0.278. The molecule has 8 heteroatoms. The number of hydrogen-bond acceptors (Lipinski definition) is 4. The summed E-state index contributed by atoms with van der Waals surface area (Å²) >= 11 is 11.1. The molecule has 26 heavy (non-hydrogen) atoms. The Bertz CT molecular complexity index is 932. The third kappa shape index (κ3) is 3.03. The van der Waals surface area contributed by atoms with E-state index in [1.165, 1.54) is 43.5 Å². The lowest BCUT2D eigenvalue weighted by atomic mass is 10.00. The van der Waals surface area contributed by atoms with E-state index in [4.69, 9.17) is 34.3 Å². The van der Waals surface area contributed by atoms with Crippen LogP contribution in [-0.4, -0.2) is 32.4 Å². The van der Waals surface area contributed by atoms with E-state index in [0.29, 0.717) is 10.6 Å². The minimum atomic E-state index is -3.76. The van der Waals surface area contributed by atoms with E-state index in [-0.39, 0.29) is 16.5 Å². The number of methoxy groups -OCH3 is 1. The summed E-state index contributed by atoms with van der Waals surface area (Å²) in [7, 11) is -2.30. The highest BCUT2D eigenvalue weighted by molar-refractivity contribution is 7.92. The molecule has 138 valence electrons. The number of ether oxygens (including phenoxy) is 1. The molecule has 0 spiro atoms. The summed E-state index contributed by atoms with van der Waals surface area (Å²) < 4.78 is 45.1. The highest BCUT2D eigenvalue weighted by Crippen LogP contribution is 2.64. The van der Waals surface area contributed by atoms with Crippen LogP contribution in [0.5, 0.6) is 0 Å². The van der Waals surface area contributed by atoms with Crippen molar-refractivity contribution in [3.63, 3.8) is 0 Å². The van der Waals surface area contributed by atoms with Gasteiger partial charge < -0.3 is 10.5 Å². The highest BCUT2D eigenvalue weighted by atomic mass is 35.5. The first-order valence-corrected chi connectivity index (χ1v) is 10.1. The maximum Gasteiger partial charge on any atom is 0.182 e. The van der Waals surface area contributed by atoms with Crippen LogP contribution in [0.3, 0.4) is 0 Å². The average Bonchev–Trinajstić information content (AvgIpc) is 3.27. The lowest BCUT2D eigenvalue weighted by Gasteiger charge is -2.16. The van der Waals surface area contributed by atoms with Gasteiger partial charge in [-0.15, -0.1) is 0 Å². The van der Waals surface area contributed by atoms with E-state index in [9.17, 15) is 12.8 Å². The van der Waals surface area contributed by atoms with Crippen LogP contribution in [0.2, 0.25) is 5.02 Å². The van der Waals surface area contributed by atoms with Crippen molar-refractivity contribution in [2.24, 2.45) is 11.1 Å². The molecule has 4 nitrogen and oxygen atoms in total. The van der Waals surface area contributed by atoms with Gasteiger partial charge >= 0.3 is 0 Å². The normalized spacial score (nSPS) is 25.0. The second-order valence-electron chi connectivity index (χ2n) is 6.29. The van der Waals surface area contributed by atoms with Gasteiger partial charge in [-0.05, 0) is 42.0 Å². The smallest absolute Gasteiger partial charge is 0.182 e. The fourth-order valence-corrected chi connectivity index (χ4v) is 6.45. The van der Waals surface area contributed by atoms with Crippen molar-refractivity contribution in [2.45, 2.75) is 16.1 Å². The van der Waals surface area contributed by atoms with Crippen molar-refractivity contribution >= 4 is 38.6 Å². The molecule has 3 atom stereocenters. The zero-order chi connectivity index (χ0) is 19.1. The maximum atomic E-state index is 13.3. The summed E-state index contributed by atoms with van der Waals surface area (Å²) in [6.45, 7) is 0.0574. The summed E-state index contributed by atoms with van der Waals surface area (Å²) in [5.74, 6) is -0.916. The van der Waals surface area contributed by atoms with E-state index >= 15 is 0 Å². The molecular weight excluding hydrogens is 397 g/mol. The van der Waals surface area contributed by atoms with Gasteiger partial charge in [0, 0.05) is 18.1 Å². The van der Waals surface area contributed by atoms with Gasteiger partial charge in [0.05, 0.1) is 27.2 Å². The van der Waals surface area contributed by atoms with E-state index in [1.54, 1.807) is 12.1 Å². The first kappa shape index (κ1) is 19.2. The van der Waals surface area contributed by atoms with E-state index in [0.717, 1.165) is 0 Å². The standard InChI is InChI=1S/C18H17ClFNO3S2/c1-24-10-18(17(21)25)15(11-2-6-13(20)7-3-11)16(18)26(22,23)14-8-4-12(19)5-9-14/h2-9,15-16H,10H2,1H3,(H2,21,25)/t15-,16+,18-/m1/s1. The third-order valence-electron chi connectivity index (χ3n) is 4.80. The van der Waals surface area contributed by atoms with Crippen molar-refractivity contribution < 1.29 is 17.5 Å². The second kappa shape index (κ2) is 6.88. The number of halogens is 2. The van der Waals surface area contributed by atoms with Crippen LogP contribution in [-0.2, 0) is 14.6 Å². The van der Waals surface area contributed by atoms with Gasteiger partial charge in [-0.2, -0.15) is 0 Å². The molecular formula is C18H17ClFNO3S2. The molecule has 1 aliphatic rings. The molecule has 1 aliphatic carbocycles. The van der Waals surface area contributed by atoms with Gasteiger partial charge in [0.1, 0.15) is 5.82 Å². The first-order chi connectivity index (χ1) is 12.2. The van der Waals surface area contributed by atoms with Crippen LogP contribution in [0.15, 0.2) is 53.4 Å². The SMILES string of the molecule is COC[C@@]1(C(N)=S)[C@H](c2ccc(F)cc2)[C@@H]1S(=O)(=O)c1ccc(Cl)cc1. The van der Waals surface area contributed by atoms with Crippen LogP contribution in [0.1, 0.15) is 11.5 Å². The zero-order valence-electron chi connectivity index (χ0n) is 13.9. The number of nitrogens with two attached hydrogens (primary N) is 1. The lowest BCUT2D eigenvalue weighted by Crippen LogP contribution is -2.33. The second-order valence-corrected chi connectivity index (χ2v) is 9.23. The summed E-state index contributed by atoms with van der Waals surface area (Å²) in [5, 5.41) is -0.452. The third-order valence-corrected chi connectivity index (χ3v) is 7.73. The molecule has 2 N–H and O–H groups in total.